The van der Waals surface area contributed by atoms with Gasteiger partial charge in [0.1, 0.15) is 0 Å². The molecule has 0 atom stereocenters. The lowest BCUT2D eigenvalue weighted by Gasteiger charge is -2.24. The molecule has 0 aromatic heterocycles. The Balaban J connectivity index is 2.63. The number of halogens is 2. The number of nitrogens with one attached hydrogen (secondary N) is 1. The predicted octanol–water partition coefficient (Wildman–Crippen LogP) is 2.46. The van der Waals surface area contributed by atoms with Gasteiger partial charge in [0, 0.05) is 6.54 Å². The standard InChI is InChI=1S/C14H20F2N2O/c1-14(2,7-4-8-17)9-18-13(19)10-5-3-6-11(15)12(10)16/h3,5-6H,4,7-9,17H2,1-2H3,(H,18,19). The van der Waals surface area contributed by atoms with Crippen LogP contribution in [0.4, 0.5) is 8.78 Å². The number of carbonyl (C=O) groups is 1. The van der Waals surface area contributed by atoms with Crippen molar-refractivity contribution >= 4 is 5.91 Å². The Morgan fingerprint density at radius 3 is 2.68 bits per heavy atom. The molecule has 0 heterocycles. The molecule has 0 saturated heterocycles. The van der Waals surface area contributed by atoms with Gasteiger partial charge in [0.15, 0.2) is 11.6 Å². The van der Waals surface area contributed by atoms with Gasteiger partial charge in [0.05, 0.1) is 5.56 Å². The van der Waals surface area contributed by atoms with E-state index in [4.69, 9.17) is 5.73 Å². The monoisotopic (exact) mass is 270 g/mol. The summed E-state index contributed by atoms with van der Waals surface area (Å²) in [6.45, 7) is 4.97. The molecule has 3 nitrogen and oxygen atoms in total. The van der Waals surface area contributed by atoms with Crippen LogP contribution in [0.5, 0.6) is 0 Å². The first-order valence-corrected chi connectivity index (χ1v) is 6.30. The van der Waals surface area contributed by atoms with E-state index in [1.54, 1.807) is 0 Å². The number of amides is 1. The van der Waals surface area contributed by atoms with Crippen LogP contribution in [0.2, 0.25) is 0 Å². The molecule has 1 aromatic rings. The molecular weight excluding hydrogens is 250 g/mol. The van der Waals surface area contributed by atoms with Gasteiger partial charge in [0.25, 0.3) is 5.91 Å². The van der Waals surface area contributed by atoms with Gasteiger partial charge >= 0.3 is 0 Å². The van der Waals surface area contributed by atoms with Gasteiger partial charge in [-0.05, 0) is 36.9 Å². The lowest BCUT2D eigenvalue weighted by Crippen LogP contribution is -2.34. The van der Waals surface area contributed by atoms with Gasteiger partial charge in [-0.1, -0.05) is 19.9 Å². The second kappa shape index (κ2) is 6.61. The number of nitrogens with two attached hydrogens (primary N) is 1. The minimum Gasteiger partial charge on any atom is -0.351 e. The Hall–Kier alpha value is -1.49. The van der Waals surface area contributed by atoms with Crippen LogP contribution in [-0.4, -0.2) is 19.0 Å². The molecule has 0 spiro atoms. The molecule has 5 heteroatoms. The quantitative estimate of drug-likeness (QED) is 0.834. The second-order valence-corrected chi connectivity index (χ2v) is 5.34. The summed E-state index contributed by atoms with van der Waals surface area (Å²) in [6.07, 6.45) is 1.71. The van der Waals surface area contributed by atoms with E-state index in [9.17, 15) is 13.6 Å². The van der Waals surface area contributed by atoms with Gasteiger partial charge in [-0.25, -0.2) is 8.78 Å². The third-order valence-electron chi connectivity index (χ3n) is 2.98. The maximum absolute atomic E-state index is 13.4. The van der Waals surface area contributed by atoms with Gasteiger partial charge < -0.3 is 11.1 Å². The fourth-order valence-electron chi connectivity index (χ4n) is 1.76. The highest BCUT2D eigenvalue weighted by molar-refractivity contribution is 5.94. The van der Waals surface area contributed by atoms with E-state index in [-0.39, 0.29) is 11.0 Å². The molecule has 0 unspecified atom stereocenters. The first-order valence-electron chi connectivity index (χ1n) is 6.30. The second-order valence-electron chi connectivity index (χ2n) is 5.34. The molecule has 0 bridgehead atoms. The molecule has 0 aliphatic rings. The molecule has 106 valence electrons. The number of hydrogen-bond donors (Lipinski definition) is 2. The summed E-state index contributed by atoms with van der Waals surface area (Å²) in [5, 5.41) is 2.63. The molecule has 0 aliphatic carbocycles. The van der Waals surface area contributed by atoms with Crippen LogP contribution in [0.25, 0.3) is 0 Å². The van der Waals surface area contributed by atoms with Crippen molar-refractivity contribution in [2.24, 2.45) is 11.1 Å². The molecule has 0 aliphatic heterocycles. The Morgan fingerprint density at radius 1 is 1.37 bits per heavy atom. The van der Waals surface area contributed by atoms with Crippen LogP contribution in [0.1, 0.15) is 37.0 Å². The van der Waals surface area contributed by atoms with E-state index in [2.05, 4.69) is 5.32 Å². The summed E-state index contributed by atoms with van der Waals surface area (Å²) < 4.78 is 26.4. The van der Waals surface area contributed by atoms with Crippen molar-refractivity contribution < 1.29 is 13.6 Å². The van der Waals surface area contributed by atoms with Crippen molar-refractivity contribution in [3.8, 4) is 0 Å². The average Bonchev–Trinajstić information content (AvgIpc) is 2.37. The number of carbonyl (C=O) groups excluding carboxylic acids is 1. The van der Waals surface area contributed by atoms with Gasteiger partial charge in [-0.2, -0.15) is 0 Å². The number of rotatable bonds is 6. The summed E-state index contributed by atoms with van der Waals surface area (Å²) in [7, 11) is 0. The Bertz CT molecular complexity index is 447. The van der Waals surface area contributed by atoms with Crippen LogP contribution < -0.4 is 11.1 Å². The van der Waals surface area contributed by atoms with Crippen molar-refractivity contribution in [3.63, 3.8) is 0 Å². The largest absolute Gasteiger partial charge is 0.351 e. The van der Waals surface area contributed by atoms with Crippen molar-refractivity contribution in [1.29, 1.82) is 0 Å². The molecule has 1 amide bonds. The minimum absolute atomic E-state index is 0.126. The maximum atomic E-state index is 13.4. The highest BCUT2D eigenvalue weighted by atomic mass is 19.2. The summed E-state index contributed by atoms with van der Waals surface area (Å²) in [5.74, 6) is -2.73. The van der Waals surface area contributed by atoms with Gasteiger partial charge in [0.2, 0.25) is 0 Å². The number of benzene rings is 1. The lowest BCUT2D eigenvalue weighted by atomic mass is 9.87. The zero-order valence-electron chi connectivity index (χ0n) is 11.3. The lowest BCUT2D eigenvalue weighted by molar-refractivity contribution is 0.0929. The molecule has 19 heavy (non-hydrogen) atoms. The summed E-state index contributed by atoms with van der Waals surface area (Å²) in [4.78, 5) is 11.8. The fourth-order valence-corrected chi connectivity index (χ4v) is 1.76. The molecule has 1 aromatic carbocycles. The van der Waals surface area contributed by atoms with E-state index in [0.29, 0.717) is 13.1 Å². The molecule has 0 saturated carbocycles. The topological polar surface area (TPSA) is 55.1 Å². The normalized spacial score (nSPS) is 11.4. The zero-order chi connectivity index (χ0) is 14.5. The molecule has 3 N–H and O–H groups in total. The third kappa shape index (κ3) is 4.59. The highest BCUT2D eigenvalue weighted by Crippen LogP contribution is 2.21. The van der Waals surface area contributed by atoms with E-state index in [0.717, 1.165) is 18.9 Å². The Kier molecular flexibility index (Phi) is 5.42. The summed E-state index contributed by atoms with van der Waals surface area (Å²) in [6, 6.07) is 3.56. The predicted molar refractivity (Wildman–Crippen MR) is 70.8 cm³/mol. The van der Waals surface area contributed by atoms with E-state index >= 15 is 0 Å². The zero-order valence-corrected chi connectivity index (χ0v) is 11.3. The smallest absolute Gasteiger partial charge is 0.254 e. The first-order chi connectivity index (χ1) is 8.87. The van der Waals surface area contributed by atoms with Crippen molar-refractivity contribution in [3.05, 3.63) is 35.4 Å². The minimum atomic E-state index is -1.11. The van der Waals surface area contributed by atoms with Crippen LogP contribution in [0, 0.1) is 17.0 Å². The Morgan fingerprint density at radius 2 is 2.05 bits per heavy atom. The molecule has 0 fully saturated rings. The maximum Gasteiger partial charge on any atom is 0.254 e. The SMILES string of the molecule is CC(C)(CCCN)CNC(=O)c1cccc(F)c1F. The first kappa shape index (κ1) is 15.6. The molecule has 1 rings (SSSR count). The molecular formula is C14H20F2N2O. The van der Waals surface area contributed by atoms with E-state index in [1.165, 1.54) is 12.1 Å². The van der Waals surface area contributed by atoms with Crippen molar-refractivity contribution in [2.75, 3.05) is 13.1 Å². The summed E-state index contributed by atoms with van der Waals surface area (Å²) >= 11 is 0. The van der Waals surface area contributed by atoms with Gasteiger partial charge in [-0.15, -0.1) is 0 Å². The van der Waals surface area contributed by atoms with Crippen LogP contribution in [-0.2, 0) is 0 Å². The Labute approximate surface area is 112 Å². The van der Waals surface area contributed by atoms with Crippen molar-refractivity contribution in [2.45, 2.75) is 26.7 Å². The highest BCUT2D eigenvalue weighted by Gasteiger charge is 2.20. The number of hydrogen-bond acceptors (Lipinski definition) is 2. The van der Waals surface area contributed by atoms with Gasteiger partial charge in [-0.3, -0.25) is 4.79 Å². The van der Waals surface area contributed by atoms with Crippen LogP contribution >= 0.6 is 0 Å². The van der Waals surface area contributed by atoms with E-state index in [1.807, 2.05) is 13.8 Å². The van der Waals surface area contributed by atoms with Crippen LogP contribution in [0.15, 0.2) is 18.2 Å². The van der Waals surface area contributed by atoms with E-state index < -0.39 is 17.5 Å². The van der Waals surface area contributed by atoms with Crippen LogP contribution in [0.3, 0.4) is 0 Å². The average molecular weight is 270 g/mol. The third-order valence-corrected chi connectivity index (χ3v) is 2.98. The summed E-state index contributed by atoms with van der Waals surface area (Å²) in [5.41, 5.74) is 5.05. The molecule has 0 radical (unpaired) electrons. The van der Waals surface area contributed by atoms with Crippen molar-refractivity contribution in [1.82, 2.24) is 5.32 Å². The fraction of sp³-hybridized carbons (Fsp3) is 0.500.